The molecular weight excluding hydrogens is 240 g/mol. The summed E-state index contributed by atoms with van der Waals surface area (Å²) in [4.78, 5) is 11.2. The van der Waals surface area contributed by atoms with Gasteiger partial charge in [-0.3, -0.25) is 4.79 Å². The largest absolute Gasteiger partial charge is 0.481 e. The number of furan rings is 1. The topological polar surface area (TPSA) is 50.4 Å². The highest BCUT2D eigenvalue weighted by Gasteiger charge is 2.24. The fourth-order valence-electron chi connectivity index (χ4n) is 2.02. The molecule has 2 aromatic rings. The van der Waals surface area contributed by atoms with Crippen LogP contribution in [0.15, 0.2) is 28.9 Å². The van der Waals surface area contributed by atoms with E-state index in [1.807, 2.05) is 13.8 Å². The zero-order valence-corrected chi connectivity index (χ0v) is 10.4. The van der Waals surface area contributed by atoms with E-state index in [0.29, 0.717) is 10.6 Å². The highest BCUT2D eigenvalue weighted by Crippen LogP contribution is 2.31. The molecule has 1 heterocycles. The first kappa shape index (κ1) is 12.0. The Labute approximate surface area is 104 Å². The fraction of sp³-hybridized carbons (Fsp3) is 0.308. The van der Waals surface area contributed by atoms with Gasteiger partial charge < -0.3 is 9.52 Å². The minimum atomic E-state index is -0.822. The van der Waals surface area contributed by atoms with E-state index in [2.05, 4.69) is 0 Å². The summed E-state index contributed by atoms with van der Waals surface area (Å²) in [5.41, 5.74) is 1.37. The quantitative estimate of drug-likeness (QED) is 0.901. The van der Waals surface area contributed by atoms with E-state index in [1.54, 1.807) is 18.2 Å². The van der Waals surface area contributed by atoms with Crippen LogP contribution >= 0.6 is 11.6 Å². The summed E-state index contributed by atoms with van der Waals surface area (Å²) < 4.78 is 5.27. The van der Waals surface area contributed by atoms with Crippen molar-refractivity contribution in [2.24, 2.45) is 5.92 Å². The summed E-state index contributed by atoms with van der Waals surface area (Å²) in [6, 6.07) is 5.34. The lowest BCUT2D eigenvalue weighted by Crippen LogP contribution is -2.17. The van der Waals surface area contributed by atoms with Crippen molar-refractivity contribution in [1.29, 1.82) is 0 Å². The zero-order valence-electron chi connectivity index (χ0n) is 9.61. The van der Waals surface area contributed by atoms with Crippen LogP contribution in [0.3, 0.4) is 0 Å². The molecule has 3 nitrogen and oxygen atoms in total. The predicted molar refractivity (Wildman–Crippen MR) is 66.4 cm³/mol. The summed E-state index contributed by atoms with van der Waals surface area (Å²) in [5.74, 6) is -1.32. The van der Waals surface area contributed by atoms with Crippen LogP contribution in [0.1, 0.15) is 25.3 Å². The molecule has 0 bridgehead atoms. The fourth-order valence-corrected chi connectivity index (χ4v) is 2.22. The Bertz CT molecular complexity index is 557. The number of carboxylic acids is 1. The number of carboxylic acid groups (broad SMARTS) is 1. The number of hydrogen-bond acceptors (Lipinski definition) is 2. The van der Waals surface area contributed by atoms with Crippen molar-refractivity contribution in [2.75, 3.05) is 0 Å². The monoisotopic (exact) mass is 252 g/mol. The van der Waals surface area contributed by atoms with Crippen molar-refractivity contribution in [1.82, 2.24) is 0 Å². The first-order chi connectivity index (χ1) is 8.00. The lowest BCUT2D eigenvalue weighted by Gasteiger charge is -2.16. The third kappa shape index (κ3) is 2.15. The maximum atomic E-state index is 11.2. The molecule has 90 valence electrons. The second kappa shape index (κ2) is 4.41. The summed E-state index contributed by atoms with van der Waals surface area (Å²) >= 11 is 5.92. The zero-order chi connectivity index (χ0) is 12.6. The summed E-state index contributed by atoms with van der Waals surface area (Å²) in [6.07, 6.45) is 1.46. The van der Waals surface area contributed by atoms with Gasteiger partial charge in [0.05, 0.1) is 10.9 Å². The van der Waals surface area contributed by atoms with Crippen LogP contribution in [-0.2, 0) is 4.79 Å². The van der Waals surface area contributed by atoms with Crippen molar-refractivity contribution in [3.8, 4) is 0 Å². The molecule has 0 radical (unpaired) electrons. The van der Waals surface area contributed by atoms with Crippen LogP contribution in [0.4, 0.5) is 0 Å². The molecule has 0 fully saturated rings. The van der Waals surface area contributed by atoms with E-state index >= 15 is 0 Å². The second-order valence-electron chi connectivity index (χ2n) is 4.40. The smallest absolute Gasteiger partial charge is 0.311 e. The average molecular weight is 253 g/mol. The Kier molecular flexibility index (Phi) is 3.11. The van der Waals surface area contributed by atoms with Crippen molar-refractivity contribution >= 4 is 28.5 Å². The SMILES string of the molecule is CC(C)C(C(=O)O)c1ccc2c(Cl)coc2c1. The average Bonchev–Trinajstić information content (AvgIpc) is 2.59. The van der Waals surface area contributed by atoms with E-state index < -0.39 is 11.9 Å². The number of halogens is 1. The number of benzene rings is 1. The van der Waals surface area contributed by atoms with Crippen molar-refractivity contribution < 1.29 is 14.3 Å². The van der Waals surface area contributed by atoms with Gasteiger partial charge in [-0.05, 0) is 23.6 Å². The van der Waals surface area contributed by atoms with Gasteiger partial charge in [-0.25, -0.2) is 0 Å². The number of aliphatic carboxylic acids is 1. The van der Waals surface area contributed by atoms with E-state index in [-0.39, 0.29) is 5.92 Å². The lowest BCUT2D eigenvalue weighted by atomic mass is 9.88. The molecule has 1 aromatic heterocycles. The van der Waals surface area contributed by atoms with Gasteiger partial charge in [0.25, 0.3) is 0 Å². The molecule has 0 saturated heterocycles. The van der Waals surface area contributed by atoms with Crippen LogP contribution in [0, 0.1) is 5.92 Å². The predicted octanol–water partition coefficient (Wildman–Crippen LogP) is 3.91. The Hall–Kier alpha value is -1.48. The summed E-state index contributed by atoms with van der Waals surface area (Å²) in [7, 11) is 0. The van der Waals surface area contributed by atoms with Crippen LogP contribution < -0.4 is 0 Å². The van der Waals surface area contributed by atoms with Crippen molar-refractivity contribution in [2.45, 2.75) is 19.8 Å². The summed E-state index contributed by atoms with van der Waals surface area (Å²) in [5, 5.41) is 10.6. The Morgan fingerprint density at radius 1 is 1.41 bits per heavy atom. The maximum absolute atomic E-state index is 11.2. The van der Waals surface area contributed by atoms with Gasteiger partial charge in [0, 0.05) is 5.39 Å². The van der Waals surface area contributed by atoms with Gasteiger partial charge >= 0.3 is 5.97 Å². The standard InChI is InChI=1S/C13H13ClO3/c1-7(2)12(13(15)16)8-3-4-9-10(14)6-17-11(9)5-8/h3-7,12H,1-2H3,(H,15,16). The minimum Gasteiger partial charge on any atom is -0.481 e. The second-order valence-corrected chi connectivity index (χ2v) is 4.81. The van der Waals surface area contributed by atoms with Crippen LogP contribution in [0.25, 0.3) is 11.0 Å². The van der Waals surface area contributed by atoms with Crippen LogP contribution in [-0.4, -0.2) is 11.1 Å². The Morgan fingerprint density at radius 2 is 2.12 bits per heavy atom. The van der Waals surface area contributed by atoms with Gasteiger partial charge in [0.1, 0.15) is 11.8 Å². The molecule has 0 spiro atoms. The normalized spacial score (nSPS) is 13.2. The molecule has 0 aliphatic carbocycles. The first-order valence-electron chi connectivity index (χ1n) is 5.40. The molecule has 1 aromatic carbocycles. The molecule has 1 N–H and O–H groups in total. The molecule has 4 heteroatoms. The van der Waals surface area contributed by atoms with Gasteiger partial charge in [-0.15, -0.1) is 0 Å². The molecule has 0 saturated carbocycles. The van der Waals surface area contributed by atoms with Crippen LogP contribution in [0.5, 0.6) is 0 Å². The van der Waals surface area contributed by atoms with Gasteiger partial charge in [0.15, 0.2) is 0 Å². The van der Waals surface area contributed by atoms with Crippen molar-refractivity contribution in [3.63, 3.8) is 0 Å². The molecule has 0 amide bonds. The number of rotatable bonds is 3. The van der Waals surface area contributed by atoms with E-state index in [1.165, 1.54) is 6.26 Å². The van der Waals surface area contributed by atoms with Crippen molar-refractivity contribution in [3.05, 3.63) is 35.0 Å². The molecular formula is C13H13ClO3. The highest BCUT2D eigenvalue weighted by molar-refractivity contribution is 6.35. The molecule has 2 rings (SSSR count). The van der Waals surface area contributed by atoms with Crippen LogP contribution in [0.2, 0.25) is 5.02 Å². The van der Waals surface area contributed by atoms with E-state index in [0.717, 1.165) is 10.9 Å². The van der Waals surface area contributed by atoms with Gasteiger partial charge in [-0.1, -0.05) is 31.5 Å². The molecule has 0 aliphatic rings. The minimum absolute atomic E-state index is 0.0235. The number of carbonyl (C=O) groups is 1. The molecule has 1 unspecified atom stereocenters. The third-order valence-corrected chi connectivity index (χ3v) is 3.14. The Balaban J connectivity index is 2.51. The number of hydrogen-bond donors (Lipinski definition) is 1. The van der Waals surface area contributed by atoms with Gasteiger partial charge in [-0.2, -0.15) is 0 Å². The van der Waals surface area contributed by atoms with E-state index in [4.69, 9.17) is 16.0 Å². The third-order valence-electron chi connectivity index (χ3n) is 2.84. The first-order valence-corrected chi connectivity index (χ1v) is 5.78. The summed E-state index contributed by atoms with van der Waals surface area (Å²) in [6.45, 7) is 3.77. The highest BCUT2D eigenvalue weighted by atomic mass is 35.5. The Morgan fingerprint density at radius 3 is 2.71 bits per heavy atom. The lowest BCUT2D eigenvalue weighted by molar-refractivity contribution is -0.139. The molecule has 17 heavy (non-hydrogen) atoms. The maximum Gasteiger partial charge on any atom is 0.311 e. The molecule has 1 atom stereocenters. The molecule has 0 aliphatic heterocycles. The van der Waals surface area contributed by atoms with Gasteiger partial charge in [0.2, 0.25) is 0 Å². The number of fused-ring (bicyclic) bond motifs is 1. The van der Waals surface area contributed by atoms with E-state index in [9.17, 15) is 9.90 Å².